The summed E-state index contributed by atoms with van der Waals surface area (Å²) in [6.45, 7) is 3.96. The molecule has 0 saturated heterocycles. The van der Waals surface area contributed by atoms with Crippen molar-refractivity contribution in [2.45, 2.75) is 26.5 Å². The molecule has 1 aromatic heterocycles. The molecule has 1 aliphatic heterocycles. The number of fused-ring (bicyclic) bond motifs is 2. The number of thiazole rings is 1. The Morgan fingerprint density at radius 3 is 2.56 bits per heavy atom. The second-order valence-electron chi connectivity index (χ2n) is 10.3. The van der Waals surface area contributed by atoms with Gasteiger partial charge >= 0.3 is 5.97 Å². The van der Waals surface area contributed by atoms with Crippen LogP contribution in [-0.2, 0) is 16.1 Å². The molecule has 9 heteroatoms. The van der Waals surface area contributed by atoms with E-state index in [4.69, 9.17) is 19.2 Å². The van der Waals surface area contributed by atoms with Crippen LogP contribution in [0.4, 0.5) is 0 Å². The highest BCUT2D eigenvalue weighted by molar-refractivity contribution is 7.07. The molecule has 0 saturated carbocycles. The van der Waals surface area contributed by atoms with Crippen molar-refractivity contribution in [2.24, 2.45) is 4.99 Å². The fourth-order valence-electron chi connectivity index (χ4n) is 5.53. The highest BCUT2D eigenvalue weighted by atomic mass is 32.1. The van der Waals surface area contributed by atoms with Crippen LogP contribution in [0.3, 0.4) is 0 Å². The molecule has 0 aliphatic carbocycles. The molecule has 1 aliphatic rings. The van der Waals surface area contributed by atoms with E-state index >= 15 is 0 Å². The summed E-state index contributed by atoms with van der Waals surface area (Å²) in [4.78, 5) is 32.8. The maximum atomic E-state index is 14.2. The summed E-state index contributed by atoms with van der Waals surface area (Å²) in [5, 5.41) is 11.1. The van der Waals surface area contributed by atoms with Gasteiger partial charge in [-0.25, -0.2) is 9.79 Å². The van der Waals surface area contributed by atoms with E-state index in [1.54, 1.807) is 37.7 Å². The molecule has 0 bridgehead atoms. The molecule has 0 N–H and O–H groups in total. The lowest BCUT2D eigenvalue weighted by Gasteiger charge is -2.27. The van der Waals surface area contributed by atoms with Crippen molar-refractivity contribution in [1.82, 2.24) is 4.57 Å². The van der Waals surface area contributed by atoms with Gasteiger partial charge in [0, 0.05) is 11.1 Å². The Bertz CT molecular complexity index is 2190. The lowest BCUT2D eigenvalue weighted by atomic mass is 9.90. The molecule has 0 unspecified atom stereocenters. The molecule has 2 heterocycles. The number of nitriles is 1. The van der Waals surface area contributed by atoms with Crippen molar-refractivity contribution in [3.63, 3.8) is 0 Å². The fraction of sp³-hybridized carbons (Fsp3) is 0.167. The van der Waals surface area contributed by atoms with E-state index in [0.717, 1.165) is 21.9 Å². The van der Waals surface area contributed by atoms with E-state index in [-0.39, 0.29) is 18.8 Å². The Morgan fingerprint density at radius 2 is 1.80 bits per heavy atom. The number of hydrogen-bond donors (Lipinski definition) is 0. The molecule has 45 heavy (non-hydrogen) atoms. The Labute approximate surface area is 263 Å². The lowest BCUT2D eigenvalue weighted by molar-refractivity contribution is -0.139. The van der Waals surface area contributed by atoms with Crippen LogP contribution in [0.2, 0.25) is 0 Å². The first-order valence-corrected chi connectivity index (χ1v) is 15.2. The summed E-state index contributed by atoms with van der Waals surface area (Å²) in [6, 6.07) is 27.7. The van der Waals surface area contributed by atoms with Crippen molar-refractivity contribution >= 4 is 34.2 Å². The minimum absolute atomic E-state index is 0.184. The highest BCUT2D eigenvalue weighted by Crippen LogP contribution is 2.40. The summed E-state index contributed by atoms with van der Waals surface area (Å²) >= 11 is 1.26. The van der Waals surface area contributed by atoms with E-state index in [1.165, 1.54) is 11.3 Å². The van der Waals surface area contributed by atoms with Gasteiger partial charge in [-0.2, -0.15) is 5.26 Å². The molecule has 1 atom stereocenters. The number of carbonyl (C=O) groups excluding carboxylic acids is 1. The first-order valence-electron chi connectivity index (χ1n) is 14.4. The minimum Gasteiger partial charge on any atom is -0.496 e. The monoisotopic (exact) mass is 615 g/mol. The minimum atomic E-state index is -0.810. The normalized spacial score (nSPS) is 14.4. The zero-order valence-corrected chi connectivity index (χ0v) is 25.8. The van der Waals surface area contributed by atoms with E-state index in [2.05, 4.69) is 6.07 Å². The van der Waals surface area contributed by atoms with Crippen LogP contribution in [0.5, 0.6) is 11.5 Å². The molecule has 0 fully saturated rings. The van der Waals surface area contributed by atoms with Gasteiger partial charge in [-0.3, -0.25) is 9.36 Å². The molecule has 4 aromatic carbocycles. The van der Waals surface area contributed by atoms with E-state index < -0.39 is 12.0 Å². The van der Waals surface area contributed by atoms with E-state index in [0.29, 0.717) is 43.2 Å². The Morgan fingerprint density at radius 1 is 1.04 bits per heavy atom. The molecule has 5 aromatic rings. The molecule has 224 valence electrons. The number of aromatic nitrogens is 1. The number of benzene rings is 4. The first-order chi connectivity index (χ1) is 21.9. The maximum Gasteiger partial charge on any atom is 0.338 e. The van der Waals surface area contributed by atoms with Gasteiger partial charge in [0.15, 0.2) is 4.80 Å². The van der Waals surface area contributed by atoms with Gasteiger partial charge in [0.05, 0.1) is 41.2 Å². The Hall–Kier alpha value is -5.46. The average Bonchev–Trinajstić information content (AvgIpc) is 3.37. The number of ether oxygens (including phenoxy) is 3. The second-order valence-corrected chi connectivity index (χ2v) is 11.3. The smallest absolute Gasteiger partial charge is 0.338 e. The van der Waals surface area contributed by atoms with E-state index in [1.807, 2.05) is 78.9 Å². The van der Waals surface area contributed by atoms with Crippen molar-refractivity contribution in [1.29, 1.82) is 5.26 Å². The largest absolute Gasteiger partial charge is 0.496 e. The third kappa shape index (κ3) is 5.64. The summed E-state index contributed by atoms with van der Waals surface area (Å²) < 4.78 is 19.2. The van der Waals surface area contributed by atoms with Crippen LogP contribution in [0.1, 0.15) is 42.1 Å². The van der Waals surface area contributed by atoms with Gasteiger partial charge in [0.25, 0.3) is 5.56 Å². The zero-order chi connectivity index (χ0) is 31.5. The molecular formula is C36H29N3O5S. The molecule has 0 amide bonds. The van der Waals surface area contributed by atoms with Gasteiger partial charge in [-0.15, -0.1) is 0 Å². The van der Waals surface area contributed by atoms with Crippen molar-refractivity contribution in [3.8, 4) is 17.6 Å². The van der Waals surface area contributed by atoms with Gasteiger partial charge < -0.3 is 14.2 Å². The number of esters is 1. The predicted octanol–water partition coefficient (Wildman–Crippen LogP) is 5.41. The summed E-state index contributed by atoms with van der Waals surface area (Å²) in [6.07, 6.45) is 1.80. The number of nitrogens with zero attached hydrogens (tertiary/aromatic N) is 3. The van der Waals surface area contributed by atoms with E-state index in [9.17, 15) is 14.9 Å². The van der Waals surface area contributed by atoms with Gasteiger partial charge in [-0.1, -0.05) is 72.0 Å². The Balaban J connectivity index is 1.43. The van der Waals surface area contributed by atoms with Gasteiger partial charge in [0.2, 0.25) is 0 Å². The van der Waals surface area contributed by atoms with Gasteiger partial charge in [0.1, 0.15) is 24.1 Å². The number of methoxy groups -OCH3 is 1. The summed E-state index contributed by atoms with van der Waals surface area (Å²) in [5.74, 6) is 0.665. The molecule has 8 nitrogen and oxygen atoms in total. The SMILES string of the molecule is CCOC(=O)C1=C(C)N=c2s/c(=C/c3ccc(OCc4ccccc4C#N)cc3)c(=O)n2[C@@H]1c1c(OC)ccc2ccccc12. The highest BCUT2D eigenvalue weighted by Gasteiger charge is 2.36. The van der Waals surface area contributed by atoms with Crippen LogP contribution in [0, 0.1) is 11.3 Å². The lowest BCUT2D eigenvalue weighted by Crippen LogP contribution is -2.40. The quantitative estimate of drug-likeness (QED) is 0.216. The van der Waals surface area contributed by atoms with Crippen molar-refractivity contribution in [3.05, 3.63) is 138 Å². The molecular weight excluding hydrogens is 586 g/mol. The van der Waals surface area contributed by atoms with Crippen molar-refractivity contribution < 1.29 is 19.0 Å². The summed E-state index contributed by atoms with van der Waals surface area (Å²) in [5.41, 5.74) is 3.38. The van der Waals surface area contributed by atoms with Crippen LogP contribution >= 0.6 is 11.3 Å². The fourth-order valence-corrected chi connectivity index (χ4v) is 6.57. The third-order valence-corrected chi connectivity index (χ3v) is 8.63. The molecule has 0 spiro atoms. The molecule has 0 radical (unpaired) electrons. The Kier molecular flexibility index (Phi) is 8.32. The number of carbonyl (C=O) groups is 1. The number of allylic oxidation sites excluding steroid dienone is 1. The van der Waals surface area contributed by atoms with Crippen LogP contribution < -0.4 is 24.4 Å². The van der Waals surface area contributed by atoms with Crippen LogP contribution in [0.25, 0.3) is 16.8 Å². The third-order valence-electron chi connectivity index (χ3n) is 7.65. The number of rotatable bonds is 8. The van der Waals surface area contributed by atoms with Crippen LogP contribution in [-0.4, -0.2) is 24.3 Å². The number of hydrogen-bond acceptors (Lipinski definition) is 8. The zero-order valence-electron chi connectivity index (χ0n) is 24.9. The first kappa shape index (κ1) is 29.6. The van der Waals surface area contributed by atoms with Gasteiger partial charge in [-0.05, 0) is 60.5 Å². The second kappa shape index (κ2) is 12.6. The topological polar surface area (TPSA) is 103 Å². The maximum absolute atomic E-state index is 14.2. The predicted molar refractivity (Wildman–Crippen MR) is 173 cm³/mol. The standard InChI is InChI=1S/C36H29N3O5S/c1-4-43-35(41)31-22(2)38-36-39(33(31)32-28-12-8-7-9-24(28)15-18-29(32)42-3)34(40)30(45-36)19-23-13-16-27(17-14-23)44-21-26-11-6-5-10-25(26)20-37/h5-19,33H,4,21H2,1-3H3/b30-19+/t33-/m0/s1. The average molecular weight is 616 g/mol. The van der Waals surface area contributed by atoms with Crippen molar-refractivity contribution in [2.75, 3.05) is 13.7 Å². The molecule has 6 rings (SSSR count). The summed E-state index contributed by atoms with van der Waals surface area (Å²) in [7, 11) is 1.58. The van der Waals surface area contributed by atoms with Crippen LogP contribution in [0.15, 0.2) is 106 Å².